The molecule has 1 fully saturated rings. The van der Waals surface area contributed by atoms with Crippen LogP contribution in [0.25, 0.3) is 0 Å². The largest absolute Gasteiger partial charge is 0.345 e. The molecule has 22 heavy (non-hydrogen) atoms. The first-order valence-electron chi connectivity index (χ1n) is 8.30. The molecule has 0 heterocycles. The van der Waals surface area contributed by atoms with Gasteiger partial charge in [0.2, 0.25) is 5.91 Å². The molecule has 0 radical (unpaired) electrons. The first-order valence-corrected chi connectivity index (χ1v) is 8.30. The molecule has 0 spiro atoms. The van der Waals surface area contributed by atoms with E-state index >= 15 is 0 Å². The number of amides is 1. The Labute approximate surface area is 134 Å². The van der Waals surface area contributed by atoms with Gasteiger partial charge in [-0.2, -0.15) is 0 Å². The Balaban J connectivity index is 1.95. The SMILES string of the molecule is CC(C)c1ccc(C2CC2C(=O)N(C)CC(C)(C)CN)cc1. The van der Waals surface area contributed by atoms with E-state index < -0.39 is 0 Å². The molecule has 0 saturated heterocycles. The van der Waals surface area contributed by atoms with Gasteiger partial charge in [0.25, 0.3) is 0 Å². The highest BCUT2D eigenvalue weighted by molar-refractivity contribution is 5.82. The van der Waals surface area contributed by atoms with Crippen LogP contribution in [0, 0.1) is 11.3 Å². The number of nitrogens with two attached hydrogens (primary N) is 1. The molecule has 1 amide bonds. The van der Waals surface area contributed by atoms with Gasteiger partial charge in [-0.1, -0.05) is 52.0 Å². The second-order valence-electron chi connectivity index (χ2n) is 7.83. The lowest BCUT2D eigenvalue weighted by Crippen LogP contribution is -2.40. The van der Waals surface area contributed by atoms with Crippen molar-refractivity contribution in [1.82, 2.24) is 4.90 Å². The minimum Gasteiger partial charge on any atom is -0.345 e. The number of rotatable bonds is 6. The van der Waals surface area contributed by atoms with Crippen LogP contribution < -0.4 is 5.73 Å². The summed E-state index contributed by atoms with van der Waals surface area (Å²) in [5.41, 5.74) is 8.40. The molecule has 1 saturated carbocycles. The lowest BCUT2D eigenvalue weighted by Gasteiger charge is -2.29. The van der Waals surface area contributed by atoms with Gasteiger partial charge >= 0.3 is 0 Å². The molecule has 2 unspecified atom stereocenters. The molecule has 1 aliphatic carbocycles. The van der Waals surface area contributed by atoms with E-state index in [-0.39, 0.29) is 17.2 Å². The lowest BCUT2D eigenvalue weighted by molar-refractivity contribution is -0.132. The van der Waals surface area contributed by atoms with Gasteiger partial charge in [-0.05, 0) is 41.3 Å². The predicted molar refractivity (Wildman–Crippen MR) is 91.9 cm³/mol. The van der Waals surface area contributed by atoms with Crippen LogP contribution in [0.3, 0.4) is 0 Å². The number of hydrogen-bond acceptors (Lipinski definition) is 2. The fourth-order valence-corrected chi connectivity index (χ4v) is 3.03. The normalized spacial score (nSPS) is 21.0. The van der Waals surface area contributed by atoms with Gasteiger partial charge in [0.1, 0.15) is 0 Å². The van der Waals surface area contributed by atoms with Crippen LogP contribution in [0.4, 0.5) is 0 Å². The van der Waals surface area contributed by atoms with E-state index in [1.165, 1.54) is 11.1 Å². The minimum absolute atomic E-state index is 0.0201. The summed E-state index contributed by atoms with van der Waals surface area (Å²) in [6.45, 7) is 9.92. The highest BCUT2D eigenvalue weighted by Gasteiger charge is 2.45. The standard InChI is InChI=1S/C19H30N2O/c1-13(2)14-6-8-15(9-7-14)16-10-17(16)18(22)21(5)12-19(3,4)11-20/h6-9,13,16-17H,10-12,20H2,1-5H3. The maximum atomic E-state index is 12.5. The summed E-state index contributed by atoms with van der Waals surface area (Å²) in [5.74, 6) is 1.37. The first kappa shape index (κ1) is 17.0. The fourth-order valence-electron chi connectivity index (χ4n) is 3.03. The van der Waals surface area contributed by atoms with Crippen LogP contribution >= 0.6 is 0 Å². The van der Waals surface area contributed by atoms with Gasteiger partial charge in [-0.3, -0.25) is 4.79 Å². The van der Waals surface area contributed by atoms with Crippen LogP contribution in [0.2, 0.25) is 0 Å². The third-order valence-electron chi connectivity index (χ3n) is 4.73. The number of nitrogens with zero attached hydrogens (tertiary/aromatic N) is 1. The lowest BCUT2D eigenvalue weighted by atomic mass is 9.93. The van der Waals surface area contributed by atoms with E-state index in [0.29, 0.717) is 18.4 Å². The van der Waals surface area contributed by atoms with Crippen molar-refractivity contribution >= 4 is 5.91 Å². The fraction of sp³-hybridized carbons (Fsp3) is 0.632. The summed E-state index contributed by atoms with van der Waals surface area (Å²) in [7, 11) is 1.90. The summed E-state index contributed by atoms with van der Waals surface area (Å²) in [6, 6.07) is 8.77. The Bertz CT molecular complexity index is 519. The van der Waals surface area contributed by atoms with Gasteiger partial charge in [0.05, 0.1) is 0 Å². The van der Waals surface area contributed by atoms with Crippen molar-refractivity contribution in [3.05, 3.63) is 35.4 Å². The molecule has 1 aromatic rings. The third kappa shape index (κ3) is 3.89. The quantitative estimate of drug-likeness (QED) is 0.876. The van der Waals surface area contributed by atoms with Crippen LogP contribution in [0.1, 0.15) is 57.1 Å². The summed E-state index contributed by atoms with van der Waals surface area (Å²) >= 11 is 0. The molecule has 3 nitrogen and oxygen atoms in total. The Morgan fingerprint density at radius 1 is 1.32 bits per heavy atom. The van der Waals surface area contributed by atoms with Gasteiger partial charge < -0.3 is 10.6 Å². The van der Waals surface area contributed by atoms with E-state index in [2.05, 4.69) is 52.0 Å². The third-order valence-corrected chi connectivity index (χ3v) is 4.73. The van der Waals surface area contributed by atoms with Crippen molar-refractivity contribution in [2.75, 3.05) is 20.1 Å². The van der Waals surface area contributed by atoms with E-state index in [0.717, 1.165) is 13.0 Å². The number of carbonyl (C=O) groups excluding carboxylic acids is 1. The highest BCUT2D eigenvalue weighted by atomic mass is 16.2. The zero-order valence-electron chi connectivity index (χ0n) is 14.6. The molecular formula is C19H30N2O. The number of benzene rings is 1. The average Bonchev–Trinajstić information content (AvgIpc) is 3.26. The summed E-state index contributed by atoms with van der Waals surface area (Å²) in [5, 5.41) is 0. The zero-order valence-corrected chi connectivity index (χ0v) is 14.6. The van der Waals surface area contributed by atoms with Crippen LogP contribution in [-0.2, 0) is 4.79 Å². The van der Waals surface area contributed by atoms with Crippen molar-refractivity contribution in [3.63, 3.8) is 0 Å². The number of hydrogen-bond donors (Lipinski definition) is 1. The van der Waals surface area contributed by atoms with Gasteiger partial charge in [0.15, 0.2) is 0 Å². The second kappa shape index (κ2) is 6.41. The van der Waals surface area contributed by atoms with Crippen molar-refractivity contribution in [1.29, 1.82) is 0 Å². The smallest absolute Gasteiger partial charge is 0.226 e. The Hall–Kier alpha value is -1.35. The molecule has 0 aromatic heterocycles. The molecule has 0 aliphatic heterocycles. The van der Waals surface area contributed by atoms with E-state index in [9.17, 15) is 4.79 Å². The summed E-state index contributed by atoms with van der Waals surface area (Å²) in [6.07, 6.45) is 0.979. The molecule has 2 N–H and O–H groups in total. The van der Waals surface area contributed by atoms with Crippen LogP contribution in [0.15, 0.2) is 24.3 Å². The average molecular weight is 302 g/mol. The molecule has 2 rings (SSSR count). The van der Waals surface area contributed by atoms with E-state index in [4.69, 9.17) is 5.73 Å². The Morgan fingerprint density at radius 2 is 1.91 bits per heavy atom. The molecule has 0 bridgehead atoms. The molecule has 1 aromatic carbocycles. The maximum Gasteiger partial charge on any atom is 0.226 e. The zero-order chi connectivity index (χ0) is 16.5. The van der Waals surface area contributed by atoms with E-state index in [1.807, 2.05) is 11.9 Å². The van der Waals surface area contributed by atoms with Crippen molar-refractivity contribution in [2.45, 2.75) is 46.0 Å². The monoisotopic (exact) mass is 302 g/mol. The summed E-state index contributed by atoms with van der Waals surface area (Å²) in [4.78, 5) is 14.4. The van der Waals surface area contributed by atoms with Crippen molar-refractivity contribution in [3.8, 4) is 0 Å². The second-order valence-corrected chi connectivity index (χ2v) is 7.83. The molecule has 1 aliphatic rings. The topological polar surface area (TPSA) is 46.3 Å². The maximum absolute atomic E-state index is 12.5. The number of carbonyl (C=O) groups is 1. The van der Waals surface area contributed by atoms with E-state index in [1.54, 1.807) is 0 Å². The molecule has 122 valence electrons. The van der Waals surface area contributed by atoms with Crippen LogP contribution in [-0.4, -0.2) is 30.9 Å². The van der Waals surface area contributed by atoms with Gasteiger partial charge in [-0.15, -0.1) is 0 Å². The Kier molecular flexibility index (Phi) is 4.96. The Morgan fingerprint density at radius 3 is 2.41 bits per heavy atom. The molecule has 2 atom stereocenters. The molecular weight excluding hydrogens is 272 g/mol. The summed E-state index contributed by atoms with van der Waals surface area (Å²) < 4.78 is 0. The molecule has 3 heteroatoms. The van der Waals surface area contributed by atoms with Gasteiger partial charge in [0, 0.05) is 19.5 Å². The minimum atomic E-state index is -0.0201. The predicted octanol–water partition coefficient (Wildman–Crippen LogP) is 3.36. The van der Waals surface area contributed by atoms with Crippen LogP contribution in [0.5, 0.6) is 0 Å². The first-order chi connectivity index (χ1) is 10.2. The highest BCUT2D eigenvalue weighted by Crippen LogP contribution is 2.48. The van der Waals surface area contributed by atoms with Gasteiger partial charge in [-0.25, -0.2) is 0 Å². The van der Waals surface area contributed by atoms with Crippen molar-refractivity contribution in [2.24, 2.45) is 17.1 Å². The van der Waals surface area contributed by atoms with Crippen molar-refractivity contribution < 1.29 is 4.79 Å².